The van der Waals surface area contributed by atoms with Crippen molar-refractivity contribution >= 4 is 11.4 Å². The van der Waals surface area contributed by atoms with Crippen LogP contribution in [0.15, 0.2) is 18.2 Å². The summed E-state index contributed by atoms with van der Waals surface area (Å²) in [7, 11) is 0. The van der Waals surface area contributed by atoms with Crippen LogP contribution >= 0.6 is 0 Å². The number of nitrogens with zero attached hydrogens (tertiary/aromatic N) is 1. The van der Waals surface area contributed by atoms with Crippen molar-refractivity contribution in [3.8, 4) is 6.07 Å². The molecule has 3 nitrogen and oxygen atoms in total. The van der Waals surface area contributed by atoms with Crippen molar-refractivity contribution in [2.45, 2.75) is 26.2 Å². The first-order chi connectivity index (χ1) is 7.63. The van der Waals surface area contributed by atoms with E-state index in [2.05, 4.69) is 18.3 Å². The second-order valence-corrected chi connectivity index (χ2v) is 4.93. The van der Waals surface area contributed by atoms with E-state index in [0.29, 0.717) is 16.7 Å². The van der Waals surface area contributed by atoms with E-state index in [1.165, 1.54) is 19.3 Å². The first kappa shape index (κ1) is 10.8. The highest BCUT2D eigenvalue weighted by atomic mass is 14.9. The molecule has 1 aliphatic carbocycles. The molecule has 0 heterocycles. The van der Waals surface area contributed by atoms with E-state index in [1.54, 1.807) is 6.07 Å². The van der Waals surface area contributed by atoms with Crippen LogP contribution in [-0.4, -0.2) is 6.54 Å². The van der Waals surface area contributed by atoms with Gasteiger partial charge in [0.2, 0.25) is 0 Å². The van der Waals surface area contributed by atoms with E-state index < -0.39 is 0 Å². The van der Waals surface area contributed by atoms with Gasteiger partial charge in [-0.25, -0.2) is 0 Å². The highest BCUT2D eigenvalue weighted by Gasteiger charge is 2.31. The maximum Gasteiger partial charge on any atom is 0.101 e. The minimum atomic E-state index is 0.447. The standard InChI is InChI=1S/C13H17N3/c1-13(5-2-6-13)9-16-11-4-3-10(8-14)12(15)7-11/h3-4,7,16H,2,5-6,9,15H2,1H3. The molecule has 1 saturated carbocycles. The summed E-state index contributed by atoms with van der Waals surface area (Å²) in [6.45, 7) is 3.29. The Morgan fingerprint density at radius 2 is 2.25 bits per heavy atom. The fraction of sp³-hybridized carbons (Fsp3) is 0.462. The first-order valence-electron chi connectivity index (χ1n) is 5.66. The maximum absolute atomic E-state index is 8.77. The lowest BCUT2D eigenvalue weighted by molar-refractivity contribution is 0.180. The predicted molar refractivity (Wildman–Crippen MR) is 66.0 cm³/mol. The zero-order valence-electron chi connectivity index (χ0n) is 9.59. The van der Waals surface area contributed by atoms with Crippen molar-refractivity contribution in [1.29, 1.82) is 5.26 Å². The number of hydrogen-bond donors (Lipinski definition) is 2. The maximum atomic E-state index is 8.77. The van der Waals surface area contributed by atoms with Crippen LogP contribution in [0.25, 0.3) is 0 Å². The average molecular weight is 215 g/mol. The zero-order chi connectivity index (χ0) is 11.6. The lowest BCUT2D eigenvalue weighted by Crippen LogP contribution is -2.33. The van der Waals surface area contributed by atoms with Crippen molar-refractivity contribution in [2.75, 3.05) is 17.6 Å². The van der Waals surface area contributed by atoms with E-state index in [0.717, 1.165) is 12.2 Å². The minimum Gasteiger partial charge on any atom is -0.398 e. The van der Waals surface area contributed by atoms with Gasteiger partial charge in [-0.3, -0.25) is 0 Å². The molecular weight excluding hydrogens is 198 g/mol. The molecule has 0 unspecified atom stereocenters. The quantitative estimate of drug-likeness (QED) is 0.762. The highest BCUT2D eigenvalue weighted by molar-refractivity contribution is 5.62. The fourth-order valence-corrected chi connectivity index (χ4v) is 2.05. The van der Waals surface area contributed by atoms with Gasteiger partial charge in [0.15, 0.2) is 0 Å². The lowest BCUT2D eigenvalue weighted by Gasteiger charge is -2.38. The summed E-state index contributed by atoms with van der Waals surface area (Å²) in [5.41, 5.74) is 8.30. The molecule has 0 radical (unpaired) electrons. The van der Waals surface area contributed by atoms with Crippen molar-refractivity contribution in [1.82, 2.24) is 0 Å². The van der Waals surface area contributed by atoms with Crippen LogP contribution in [0.4, 0.5) is 11.4 Å². The summed E-state index contributed by atoms with van der Waals surface area (Å²) < 4.78 is 0. The SMILES string of the molecule is CC1(CNc2ccc(C#N)c(N)c2)CCC1. The van der Waals surface area contributed by atoms with Gasteiger partial charge >= 0.3 is 0 Å². The predicted octanol–water partition coefficient (Wildman–Crippen LogP) is 2.74. The summed E-state index contributed by atoms with van der Waals surface area (Å²) in [6, 6.07) is 7.58. The number of benzene rings is 1. The molecule has 3 N–H and O–H groups in total. The molecule has 0 saturated heterocycles. The second kappa shape index (κ2) is 4.05. The number of rotatable bonds is 3. The highest BCUT2D eigenvalue weighted by Crippen LogP contribution is 2.40. The lowest BCUT2D eigenvalue weighted by atomic mass is 9.70. The van der Waals surface area contributed by atoms with Crippen LogP contribution in [-0.2, 0) is 0 Å². The van der Waals surface area contributed by atoms with Crippen LogP contribution in [0.5, 0.6) is 0 Å². The number of nitriles is 1. The van der Waals surface area contributed by atoms with E-state index in [1.807, 2.05) is 12.1 Å². The number of hydrogen-bond acceptors (Lipinski definition) is 3. The van der Waals surface area contributed by atoms with Gasteiger partial charge in [0.25, 0.3) is 0 Å². The van der Waals surface area contributed by atoms with Gasteiger partial charge in [-0.15, -0.1) is 0 Å². The average Bonchev–Trinajstić information content (AvgIpc) is 2.24. The molecule has 1 fully saturated rings. The van der Waals surface area contributed by atoms with E-state index in [-0.39, 0.29) is 0 Å². The molecule has 2 rings (SSSR count). The summed E-state index contributed by atoms with van der Waals surface area (Å²) >= 11 is 0. The van der Waals surface area contributed by atoms with Crippen LogP contribution in [0.3, 0.4) is 0 Å². The van der Waals surface area contributed by atoms with Crippen molar-refractivity contribution in [3.63, 3.8) is 0 Å². The third-order valence-electron chi connectivity index (χ3n) is 3.45. The Morgan fingerprint density at radius 3 is 2.75 bits per heavy atom. The van der Waals surface area contributed by atoms with Crippen LogP contribution in [0.1, 0.15) is 31.7 Å². The molecular formula is C13H17N3. The summed E-state index contributed by atoms with van der Waals surface area (Å²) in [5, 5.41) is 12.2. The van der Waals surface area contributed by atoms with E-state index >= 15 is 0 Å². The monoisotopic (exact) mass is 215 g/mol. The first-order valence-corrected chi connectivity index (χ1v) is 5.66. The zero-order valence-corrected chi connectivity index (χ0v) is 9.59. The Bertz CT molecular complexity index is 427. The van der Waals surface area contributed by atoms with Crippen LogP contribution in [0, 0.1) is 16.7 Å². The molecule has 1 aliphatic rings. The molecule has 1 aromatic carbocycles. The van der Waals surface area contributed by atoms with Crippen molar-refractivity contribution in [2.24, 2.45) is 5.41 Å². The Kier molecular flexibility index (Phi) is 2.74. The summed E-state index contributed by atoms with van der Waals surface area (Å²) in [5.74, 6) is 0. The molecule has 0 aliphatic heterocycles. The number of nitrogens with one attached hydrogen (secondary N) is 1. The minimum absolute atomic E-state index is 0.447. The molecule has 84 valence electrons. The van der Waals surface area contributed by atoms with Crippen LogP contribution in [0.2, 0.25) is 0 Å². The second-order valence-electron chi connectivity index (χ2n) is 4.93. The molecule has 0 aromatic heterocycles. The van der Waals surface area contributed by atoms with Gasteiger partial charge in [-0.1, -0.05) is 13.3 Å². The smallest absolute Gasteiger partial charge is 0.101 e. The summed E-state index contributed by atoms with van der Waals surface area (Å²) in [6.07, 6.45) is 3.94. The van der Waals surface area contributed by atoms with Gasteiger partial charge < -0.3 is 11.1 Å². The molecule has 0 amide bonds. The molecule has 1 aromatic rings. The van der Waals surface area contributed by atoms with E-state index in [4.69, 9.17) is 11.0 Å². The Morgan fingerprint density at radius 1 is 1.50 bits per heavy atom. The molecule has 16 heavy (non-hydrogen) atoms. The molecule has 0 spiro atoms. The van der Waals surface area contributed by atoms with Crippen LogP contribution < -0.4 is 11.1 Å². The van der Waals surface area contributed by atoms with Gasteiger partial charge in [-0.2, -0.15) is 5.26 Å². The van der Waals surface area contributed by atoms with Crippen molar-refractivity contribution < 1.29 is 0 Å². The van der Waals surface area contributed by atoms with Gasteiger partial charge in [-0.05, 0) is 36.5 Å². The molecule has 3 heteroatoms. The topological polar surface area (TPSA) is 61.8 Å². The Labute approximate surface area is 96.3 Å². The van der Waals surface area contributed by atoms with E-state index in [9.17, 15) is 0 Å². The van der Waals surface area contributed by atoms with Gasteiger partial charge in [0.1, 0.15) is 6.07 Å². The normalized spacial score (nSPS) is 17.2. The summed E-state index contributed by atoms with van der Waals surface area (Å²) in [4.78, 5) is 0. The van der Waals surface area contributed by atoms with Crippen molar-refractivity contribution in [3.05, 3.63) is 23.8 Å². The number of anilines is 2. The largest absolute Gasteiger partial charge is 0.398 e. The molecule has 0 bridgehead atoms. The Hall–Kier alpha value is -1.69. The third kappa shape index (κ3) is 2.11. The Balaban J connectivity index is 2.00. The van der Waals surface area contributed by atoms with Gasteiger partial charge in [0.05, 0.1) is 11.3 Å². The fourth-order valence-electron chi connectivity index (χ4n) is 2.05. The molecule has 0 atom stereocenters. The van der Waals surface area contributed by atoms with Gasteiger partial charge in [0, 0.05) is 12.2 Å². The number of nitrogen functional groups attached to an aromatic ring is 1. The third-order valence-corrected chi connectivity index (χ3v) is 3.45. The number of nitrogens with two attached hydrogens (primary N) is 1.